The Morgan fingerprint density at radius 2 is 1.68 bits per heavy atom. The number of piperidine rings is 2. The molecule has 0 aliphatic carbocycles. The molecule has 1 atom stereocenters. The lowest BCUT2D eigenvalue weighted by Gasteiger charge is -2.40. The largest absolute Gasteiger partial charge is 0.495 e. The summed E-state index contributed by atoms with van der Waals surface area (Å²) >= 11 is 0. The molecule has 10 heteroatoms. The number of pyridine rings is 1. The molecule has 1 amide bonds. The van der Waals surface area contributed by atoms with Gasteiger partial charge in [0.2, 0.25) is 0 Å². The Kier molecular flexibility index (Phi) is 11.2. The van der Waals surface area contributed by atoms with E-state index in [2.05, 4.69) is 15.1 Å². The second-order valence-corrected chi connectivity index (χ2v) is 16.4. The lowest BCUT2D eigenvalue weighted by atomic mass is 9.93. The molecule has 2 fully saturated rings. The van der Waals surface area contributed by atoms with Crippen LogP contribution in [0.5, 0.6) is 5.75 Å². The van der Waals surface area contributed by atoms with Crippen molar-refractivity contribution in [2.45, 2.75) is 88.3 Å². The Hall–Kier alpha value is -3.86. The van der Waals surface area contributed by atoms with Crippen LogP contribution in [0.25, 0.3) is 22.2 Å². The zero-order chi connectivity index (χ0) is 35.4. The summed E-state index contributed by atoms with van der Waals surface area (Å²) in [6.07, 6.45) is 5.88. The number of nitrogens with one attached hydrogen (secondary N) is 1. The number of halogens is 1. The number of likely N-dealkylation sites (tertiary alicyclic amines) is 2. The van der Waals surface area contributed by atoms with Crippen molar-refractivity contribution in [3.8, 4) is 17.0 Å². The van der Waals surface area contributed by atoms with Crippen LogP contribution in [0.15, 0.2) is 71.6 Å². The third kappa shape index (κ3) is 7.57. The molecular formula is C40H49FN4O4S. The van der Waals surface area contributed by atoms with Crippen molar-refractivity contribution in [1.82, 2.24) is 20.1 Å². The van der Waals surface area contributed by atoms with E-state index in [9.17, 15) is 17.6 Å². The zero-order valence-electron chi connectivity index (χ0n) is 29.6. The monoisotopic (exact) mass is 700 g/mol. The van der Waals surface area contributed by atoms with Crippen molar-refractivity contribution in [2.75, 3.05) is 33.3 Å². The molecule has 2 aliphatic heterocycles. The van der Waals surface area contributed by atoms with Gasteiger partial charge in [-0.1, -0.05) is 55.0 Å². The number of carbonyl (C=O) groups is 1. The highest BCUT2D eigenvalue weighted by molar-refractivity contribution is 7.92. The van der Waals surface area contributed by atoms with Gasteiger partial charge in [0.25, 0.3) is 5.91 Å². The average molecular weight is 701 g/mol. The van der Waals surface area contributed by atoms with E-state index in [-0.39, 0.29) is 22.6 Å². The summed E-state index contributed by atoms with van der Waals surface area (Å²) < 4.78 is 47.0. The Morgan fingerprint density at radius 1 is 0.960 bits per heavy atom. The molecule has 2 saturated heterocycles. The molecule has 3 aromatic carbocycles. The predicted octanol–water partition coefficient (Wildman–Crippen LogP) is 7.50. The van der Waals surface area contributed by atoms with Crippen molar-refractivity contribution in [3.63, 3.8) is 0 Å². The minimum atomic E-state index is -3.79. The topological polar surface area (TPSA) is 91.8 Å². The summed E-state index contributed by atoms with van der Waals surface area (Å²) in [5.41, 5.74) is 4.22. The molecule has 8 nitrogen and oxygen atoms in total. The highest BCUT2D eigenvalue weighted by atomic mass is 32.2. The minimum Gasteiger partial charge on any atom is -0.495 e. The molecule has 0 radical (unpaired) electrons. The number of nitrogens with zero attached hydrogens (tertiary/aromatic N) is 3. The van der Waals surface area contributed by atoms with Crippen LogP contribution in [0.2, 0.25) is 0 Å². The normalized spacial score (nSPS) is 17.2. The molecule has 2 aliphatic rings. The second kappa shape index (κ2) is 15.6. The van der Waals surface area contributed by atoms with Crippen LogP contribution in [0.1, 0.15) is 86.0 Å². The third-order valence-electron chi connectivity index (χ3n) is 10.4. The van der Waals surface area contributed by atoms with E-state index in [0.29, 0.717) is 51.4 Å². The van der Waals surface area contributed by atoms with Gasteiger partial charge in [-0.25, -0.2) is 17.8 Å². The van der Waals surface area contributed by atoms with Crippen molar-refractivity contribution >= 4 is 26.6 Å². The molecule has 0 spiro atoms. The lowest BCUT2D eigenvalue weighted by Crippen LogP contribution is -2.46. The standard InChI is InChI=1S/C40H49FN4O4S/c1-27(2)50(47,48)37-23-33-35(24-36(37)49-4)43-39(31-15-11-12-29(22-31)25-41)34(38(33)40(46)42-28(3)30-13-7-5-8-14-30)26-44-20-16-32(17-21-44)45-18-9-6-10-19-45/h5,7-8,11-15,22-24,27-28,32H,6,9-10,16-21,25-26H2,1-4H3,(H,42,46)/t28-/m0/s1. The van der Waals surface area contributed by atoms with Crippen LogP contribution in [-0.4, -0.2) is 73.7 Å². The van der Waals surface area contributed by atoms with Crippen LogP contribution in [0.3, 0.4) is 0 Å². The van der Waals surface area contributed by atoms with Crippen molar-refractivity contribution < 1.29 is 22.3 Å². The van der Waals surface area contributed by atoms with Crippen LogP contribution < -0.4 is 10.1 Å². The predicted molar refractivity (Wildman–Crippen MR) is 197 cm³/mol. The van der Waals surface area contributed by atoms with Gasteiger partial charge in [0, 0.05) is 35.2 Å². The van der Waals surface area contributed by atoms with Crippen molar-refractivity contribution in [3.05, 3.63) is 89.0 Å². The summed E-state index contributed by atoms with van der Waals surface area (Å²) in [5, 5.41) is 2.94. The number of rotatable bonds is 11. The Bertz CT molecular complexity index is 1920. The number of hydrogen-bond acceptors (Lipinski definition) is 7. The van der Waals surface area contributed by atoms with Gasteiger partial charge in [-0.15, -0.1) is 0 Å². The SMILES string of the molecule is COc1cc2nc(-c3cccc(CF)c3)c(CN3CCC(N4CCCCC4)CC3)c(C(=O)N[C@@H](C)c3ccccc3)c2cc1S(=O)(=O)C(C)C. The molecule has 0 saturated carbocycles. The molecular weight excluding hydrogens is 652 g/mol. The first-order chi connectivity index (χ1) is 24.1. The first kappa shape index (κ1) is 35.9. The second-order valence-electron chi connectivity index (χ2n) is 14.0. The van der Waals surface area contributed by atoms with Gasteiger partial charge < -0.3 is 15.0 Å². The number of methoxy groups -OCH3 is 1. The van der Waals surface area contributed by atoms with E-state index in [0.717, 1.165) is 44.6 Å². The number of ether oxygens (including phenoxy) is 1. The molecule has 0 unspecified atom stereocenters. The lowest BCUT2D eigenvalue weighted by molar-refractivity contribution is 0.0883. The summed E-state index contributed by atoms with van der Waals surface area (Å²) in [6.45, 7) is 9.04. The van der Waals surface area contributed by atoms with E-state index in [4.69, 9.17) is 9.72 Å². The van der Waals surface area contributed by atoms with Crippen LogP contribution in [0.4, 0.5) is 4.39 Å². The number of amides is 1. The fourth-order valence-corrected chi connectivity index (χ4v) is 8.66. The first-order valence-corrected chi connectivity index (χ1v) is 19.4. The van der Waals surface area contributed by atoms with E-state index in [1.165, 1.54) is 26.4 Å². The van der Waals surface area contributed by atoms with Gasteiger partial charge in [-0.3, -0.25) is 9.69 Å². The highest BCUT2D eigenvalue weighted by Crippen LogP contribution is 2.38. The molecule has 1 aromatic heterocycles. The Labute approximate surface area is 296 Å². The number of alkyl halides is 1. The molecule has 266 valence electrons. The summed E-state index contributed by atoms with van der Waals surface area (Å²) in [6, 6.07) is 20.3. The maximum Gasteiger partial charge on any atom is 0.252 e. The molecule has 3 heterocycles. The molecule has 6 rings (SSSR count). The smallest absolute Gasteiger partial charge is 0.252 e. The zero-order valence-corrected chi connectivity index (χ0v) is 30.4. The van der Waals surface area contributed by atoms with Gasteiger partial charge in [0.1, 0.15) is 17.3 Å². The van der Waals surface area contributed by atoms with Crippen LogP contribution in [0, 0.1) is 0 Å². The van der Waals surface area contributed by atoms with Crippen LogP contribution >= 0.6 is 0 Å². The maximum atomic E-state index is 14.7. The van der Waals surface area contributed by atoms with E-state index < -0.39 is 21.8 Å². The average Bonchev–Trinajstić information content (AvgIpc) is 3.14. The van der Waals surface area contributed by atoms with Crippen molar-refractivity contribution in [2.24, 2.45) is 0 Å². The number of aromatic nitrogens is 1. The van der Waals surface area contributed by atoms with Gasteiger partial charge in [-0.2, -0.15) is 0 Å². The fraction of sp³-hybridized carbons (Fsp3) is 0.450. The quantitative estimate of drug-likeness (QED) is 0.173. The summed E-state index contributed by atoms with van der Waals surface area (Å²) in [7, 11) is -2.36. The molecule has 4 aromatic rings. The Balaban J connectivity index is 1.52. The molecule has 50 heavy (non-hydrogen) atoms. The van der Waals surface area contributed by atoms with Gasteiger partial charge in [0.05, 0.1) is 35.2 Å². The summed E-state index contributed by atoms with van der Waals surface area (Å²) in [5.74, 6) is -0.161. The number of carbonyl (C=O) groups excluding carboxylic acids is 1. The van der Waals surface area contributed by atoms with Gasteiger partial charge >= 0.3 is 0 Å². The first-order valence-electron chi connectivity index (χ1n) is 17.9. The summed E-state index contributed by atoms with van der Waals surface area (Å²) in [4.78, 5) is 24.9. The number of hydrogen-bond donors (Lipinski definition) is 1. The third-order valence-corrected chi connectivity index (χ3v) is 12.5. The number of fused-ring (bicyclic) bond motifs is 1. The highest BCUT2D eigenvalue weighted by Gasteiger charge is 2.31. The molecule has 0 bridgehead atoms. The molecule has 1 N–H and O–H groups in total. The van der Waals surface area contributed by atoms with Gasteiger partial charge in [-0.05, 0) is 95.9 Å². The Morgan fingerprint density at radius 3 is 2.34 bits per heavy atom. The van der Waals surface area contributed by atoms with Crippen LogP contribution in [-0.2, 0) is 23.1 Å². The minimum absolute atomic E-state index is 0.0231. The number of benzene rings is 3. The maximum absolute atomic E-state index is 14.7. The van der Waals surface area contributed by atoms with Crippen molar-refractivity contribution in [1.29, 1.82) is 0 Å². The van der Waals surface area contributed by atoms with E-state index in [1.807, 2.05) is 43.3 Å². The fourth-order valence-electron chi connectivity index (χ4n) is 7.44. The van der Waals surface area contributed by atoms with E-state index >= 15 is 0 Å². The number of sulfone groups is 1. The van der Waals surface area contributed by atoms with E-state index in [1.54, 1.807) is 44.2 Å². The van der Waals surface area contributed by atoms with Gasteiger partial charge in [0.15, 0.2) is 9.84 Å².